The van der Waals surface area contributed by atoms with Crippen molar-refractivity contribution in [3.05, 3.63) is 47.5 Å². The number of methoxy groups -OCH3 is 1. The van der Waals surface area contributed by atoms with E-state index in [0.717, 1.165) is 17.5 Å². The van der Waals surface area contributed by atoms with E-state index in [0.29, 0.717) is 0 Å². The number of ether oxygens (including phenoxy) is 1. The molecule has 2 N–H and O–H groups in total. The third-order valence-electron chi connectivity index (χ3n) is 3.55. The number of carbonyl (C=O) groups is 1. The van der Waals surface area contributed by atoms with Crippen LogP contribution in [0.3, 0.4) is 0 Å². The Morgan fingerprint density at radius 2 is 2.14 bits per heavy atom. The van der Waals surface area contributed by atoms with E-state index in [2.05, 4.69) is 14.8 Å². The maximum absolute atomic E-state index is 11.5. The van der Waals surface area contributed by atoms with E-state index < -0.39 is 5.97 Å². The van der Waals surface area contributed by atoms with Crippen LogP contribution in [0.15, 0.2) is 30.6 Å². The summed E-state index contributed by atoms with van der Waals surface area (Å²) in [5.74, 6) is -0.512. The summed E-state index contributed by atoms with van der Waals surface area (Å²) in [6.45, 7) is 4.05. The molecule has 1 aromatic carbocycles. The van der Waals surface area contributed by atoms with Gasteiger partial charge in [0.05, 0.1) is 13.2 Å². The zero-order valence-corrected chi connectivity index (χ0v) is 12.5. The molecule has 0 saturated heterocycles. The minimum absolute atomic E-state index is 0.0411. The normalized spacial score (nSPS) is 13.7. The second-order valence-corrected chi connectivity index (χ2v) is 4.91. The Hall–Kier alpha value is -2.21. The van der Waals surface area contributed by atoms with Gasteiger partial charge in [0.2, 0.25) is 0 Å². The monoisotopic (exact) mass is 288 g/mol. The van der Waals surface area contributed by atoms with Crippen molar-refractivity contribution < 1.29 is 9.53 Å². The van der Waals surface area contributed by atoms with Gasteiger partial charge in [-0.3, -0.25) is 0 Å². The van der Waals surface area contributed by atoms with E-state index in [4.69, 9.17) is 5.73 Å². The molecule has 6 heteroatoms. The molecule has 0 bridgehead atoms. The van der Waals surface area contributed by atoms with Crippen molar-refractivity contribution in [3.63, 3.8) is 0 Å². The Morgan fingerprint density at radius 1 is 1.43 bits per heavy atom. The van der Waals surface area contributed by atoms with Gasteiger partial charge in [0.15, 0.2) is 0 Å². The zero-order valence-electron chi connectivity index (χ0n) is 12.5. The van der Waals surface area contributed by atoms with E-state index in [1.165, 1.54) is 13.4 Å². The molecule has 0 spiro atoms. The molecule has 1 heterocycles. The van der Waals surface area contributed by atoms with Crippen molar-refractivity contribution in [1.82, 2.24) is 14.8 Å². The van der Waals surface area contributed by atoms with Gasteiger partial charge in [-0.2, -0.15) is 0 Å². The average Bonchev–Trinajstić information content (AvgIpc) is 2.98. The van der Waals surface area contributed by atoms with Crippen molar-refractivity contribution in [3.8, 4) is 0 Å². The molecule has 21 heavy (non-hydrogen) atoms. The van der Waals surface area contributed by atoms with Crippen LogP contribution in [0.5, 0.6) is 0 Å². The van der Waals surface area contributed by atoms with Crippen LogP contribution in [0, 0.1) is 6.92 Å². The summed E-state index contributed by atoms with van der Waals surface area (Å²) in [5, 5.41) is 4.22. The zero-order chi connectivity index (χ0) is 15.4. The van der Waals surface area contributed by atoms with Gasteiger partial charge in [-0.15, -0.1) is 5.10 Å². The van der Waals surface area contributed by atoms with Gasteiger partial charge in [-0.05, 0) is 24.5 Å². The molecule has 0 amide bonds. The van der Waals surface area contributed by atoms with Crippen LogP contribution in [0.4, 0.5) is 0 Å². The highest BCUT2D eigenvalue weighted by Crippen LogP contribution is 2.25. The maximum atomic E-state index is 11.5. The van der Waals surface area contributed by atoms with Crippen LogP contribution < -0.4 is 5.73 Å². The molecular weight excluding hydrogens is 268 g/mol. The highest BCUT2D eigenvalue weighted by Gasteiger charge is 2.24. The van der Waals surface area contributed by atoms with Crippen molar-refractivity contribution >= 4 is 5.97 Å². The predicted molar refractivity (Wildman–Crippen MR) is 78.9 cm³/mol. The van der Waals surface area contributed by atoms with Crippen LogP contribution >= 0.6 is 0 Å². The van der Waals surface area contributed by atoms with E-state index in [1.807, 2.05) is 38.1 Å². The smallest absolute Gasteiger partial charge is 0.377 e. The van der Waals surface area contributed by atoms with E-state index in [9.17, 15) is 4.79 Å². The molecule has 1 aromatic heterocycles. The van der Waals surface area contributed by atoms with Crippen molar-refractivity contribution in [1.29, 1.82) is 0 Å². The van der Waals surface area contributed by atoms with Gasteiger partial charge >= 0.3 is 5.97 Å². The lowest BCUT2D eigenvalue weighted by molar-refractivity contribution is 0.0586. The third-order valence-corrected chi connectivity index (χ3v) is 3.55. The van der Waals surface area contributed by atoms with Gasteiger partial charge in [0.25, 0.3) is 5.82 Å². The first-order valence-electron chi connectivity index (χ1n) is 6.89. The largest absolute Gasteiger partial charge is 0.463 e. The first kappa shape index (κ1) is 15.2. The Kier molecular flexibility index (Phi) is 4.70. The molecule has 0 aliphatic heterocycles. The summed E-state index contributed by atoms with van der Waals surface area (Å²) < 4.78 is 6.28. The molecular formula is C15H20N4O2. The standard InChI is InChI=1S/C15H20N4O2/c1-4-12(16)13(11-8-6-5-7-10(11)2)19-9-17-14(18-19)15(20)21-3/h5-9,12-13H,4,16H2,1-3H3. The van der Waals surface area contributed by atoms with E-state index >= 15 is 0 Å². The SMILES string of the molecule is CCC(N)C(c1ccccc1C)n1cnc(C(=O)OC)n1. The van der Waals surface area contributed by atoms with Crippen LogP contribution in [0.25, 0.3) is 0 Å². The quantitative estimate of drug-likeness (QED) is 0.847. The fourth-order valence-corrected chi connectivity index (χ4v) is 2.30. The van der Waals surface area contributed by atoms with Gasteiger partial charge < -0.3 is 10.5 Å². The summed E-state index contributed by atoms with van der Waals surface area (Å²) in [4.78, 5) is 15.5. The predicted octanol–water partition coefficient (Wildman–Crippen LogP) is 1.70. The second kappa shape index (κ2) is 6.49. The number of carbonyl (C=O) groups excluding carboxylic acids is 1. The first-order chi connectivity index (χ1) is 10.1. The molecule has 2 atom stereocenters. The van der Waals surface area contributed by atoms with Gasteiger partial charge in [-0.1, -0.05) is 31.2 Å². The highest BCUT2D eigenvalue weighted by molar-refractivity contribution is 5.84. The highest BCUT2D eigenvalue weighted by atomic mass is 16.5. The molecule has 0 fully saturated rings. The fourth-order valence-electron chi connectivity index (χ4n) is 2.30. The lowest BCUT2D eigenvalue weighted by atomic mass is 9.94. The summed E-state index contributed by atoms with van der Waals surface area (Å²) in [5.41, 5.74) is 8.47. The Balaban J connectivity index is 2.44. The van der Waals surface area contributed by atoms with Crippen molar-refractivity contribution in [2.24, 2.45) is 5.73 Å². The van der Waals surface area contributed by atoms with E-state index in [-0.39, 0.29) is 17.9 Å². The lowest BCUT2D eigenvalue weighted by Crippen LogP contribution is -2.33. The summed E-state index contributed by atoms with van der Waals surface area (Å²) >= 11 is 0. The number of nitrogens with zero attached hydrogens (tertiary/aromatic N) is 3. The Labute approximate surface area is 123 Å². The molecule has 0 aliphatic rings. The summed E-state index contributed by atoms with van der Waals surface area (Å²) in [6, 6.07) is 7.71. The maximum Gasteiger partial charge on any atom is 0.377 e. The number of hydrogen-bond acceptors (Lipinski definition) is 5. The van der Waals surface area contributed by atoms with E-state index in [1.54, 1.807) is 4.68 Å². The first-order valence-corrected chi connectivity index (χ1v) is 6.89. The molecule has 112 valence electrons. The summed E-state index contributed by atoms with van der Waals surface area (Å²) in [6.07, 6.45) is 2.31. The lowest BCUT2D eigenvalue weighted by Gasteiger charge is -2.24. The van der Waals surface area contributed by atoms with Crippen LogP contribution in [-0.2, 0) is 4.74 Å². The number of esters is 1. The van der Waals surface area contributed by atoms with Gasteiger partial charge in [0, 0.05) is 6.04 Å². The minimum Gasteiger partial charge on any atom is -0.463 e. The number of rotatable bonds is 5. The molecule has 0 aliphatic carbocycles. The van der Waals surface area contributed by atoms with Gasteiger partial charge in [0.1, 0.15) is 6.33 Å². The Morgan fingerprint density at radius 3 is 2.76 bits per heavy atom. The molecule has 2 rings (SSSR count). The van der Waals surface area contributed by atoms with Gasteiger partial charge in [-0.25, -0.2) is 14.5 Å². The topological polar surface area (TPSA) is 83.0 Å². The molecule has 6 nitrogen and oxygen atoms in total. The second-order valence-electron chi connectivity index (χ2n) is 4.91. The number of hydrogen-bond donors (Lipinski definition) is 1. The number of aromatic nitrogens is 3. The average molecular weight is 288 g/mol. The summed E-state index contributed by atoms with van der Waals surface area (Å²) in [7, 11) is 1.31. The number of aryl methyl sites for hydroxylation is 1. The minimum atomic E-state index is -0.553. The molecule has 0 saturated carbocycles. The van der Waals surface area contributed by atoms with Crippen LogP contribution in [0.2, 0.25) is 0 Å². The third kappa shape index (κ3) is 3.11. The number of benzene rings is 1. The fraction of sp³-hybridized carbons (Fsp3) is 0.400. The molecule has 2 unspecified atom stereocenters. The number of nitrogens with two attached hydrogens (primary N) is 1. The van der Waals surface area contributed by atoms with Crippen molar-refractivity contribution in [2.75, 3.05) is 7.11 Å². The Bertz CT molecular complexity index is 624. The van der Waals surface area contributed by atoms with Crippen LogP contribution in [-0.4, -0.2) is 33.9 Å². The molecule has 0 radical (unpaired) electrons. The molecule has 2 aromatic rings. The van der Waals surface area contributed by atoms with Crippen molar-refractivity contribution in [2.45, 2.75) is 32.4 Å². The van der Waals surface area contributed by atoms with Crippen LogP contribution in [0.1, 0.15) is 41.1 Å².